The van der Waals surface area contributed by atoms with E-state index in [0.717, 1.165) is 31.6 Å². The van der Waals surface area contributed by atoms with Gasteiger partial charge in [-0.05, 0) is 25.5 Å². The number of carbonyl (C=O) groups excluding carboxylic acids is 1. The van der Waals surface area contributed by atoms with Crippen molar-refractivity contribution in [2.24, 2.45) is 7.05 Å². The quantitative estimate of drug-likeness (QED) is 0.883. The van der Waals surface area contributed by atoms with Gasteiger partial charge in [0.1, 0.15) is 0 Å². The summed E-state index contributed by atoms with van der Waals surface area (Å²) in [7, 11) is 1.92. The predicted octanol–water partition coefficient (Wildman–Crippen LogP) is 1.58. The standard InChI is InChI=1S/C15H25N5OS/c1-19-10-12(8-16-19)20-7-6-11(9-20)17-15(21)18-13-4-3-5-14(13)22-2/h8,10-11,13-14H,3-7,9H2,1-2H3,(H2,17,18,21)/t11-,13+,14+/m0/s1. The molecule has 1 saturated heterocycles. The number of hydrogen-bond donors (Lipinski definition) is 2. The monoisotopic (exact) mass is 323 g/mol. The van der Waals surface area contributed by atoms with Crippen LogP contribution in [0, 0.1) is 0 Å². The van der Waals surface area contributed by atoms with E-state index in [1.807, 2.05) is 35.9 Å². The van der Waals surface area contributed by atoms with Crippen molar-refractivity contribution in [3.05, 3.63) is 12.4 Å². The highest BCUT2D eigenvalue weighted by Gasteiger charge is 2.29. The lowest BCUT2D eigenvalue weighted by atomic mass is 10.2. The first-order valence-electron chi connectivity index (χ1n) is 7.99. The van der Waals surface area contributed by atoms with Crippen LogP contribution in [0.15, 0.2) is 12.4 Å². The zero-order valence-electron chi connectivity index (χ0n) is 13.3. The van der Waals surface area contributed by atoms with Crippen molar-refractivity contribution in [2.75, 3.05) is 24.2 Å². The molecule has 1 aromatic heterocycles. The van der Waals surface area contributed by atoms with E-state index in [1.54, 1.807) is 0 Å². The number of carbonyl (C=O) groups is 1. The minimum Gasteiger partial charge on any atom is -0.367 e. The Balaban J connectivity index is 1.46. The van der Waals surface area contributed by atoms with Crippen LogP contribution < -0.4 is 15.5 Å². The number of aromatic nitrogens is 2. The van der Waals surface area contributed by atoms with E-state index in [9.17, 15) is 4.79 Å². The first kappa shape index (κ1) is 15.5. The summed E-state index contributed by atoms with van der Waals surface area (Å²) >= 11 is 1.87. The van der Waals surface area contributed by atoms with E-state index in [-0.39, 0.29) is 12.1 Å². The van der Waals surface area contributed by atoms with Gasteiger partial charge in [-0.25, -0.2) is 4.79 Å². The van der Waals surface area contributed by atoms with E-state index >= 15 is 0 Å². The zero-order chi connectivity index (χ0) is 15.5. The van der Waals surface area contributed by atoms with Crippen LogP contribution in [0.4, 0.5) is 10.5 Å². The summed E-state index contributed by atoms with van der Waals surface area (Å²) in [6.45, 7) is 1.82. The van der Waals surface area contributed by atoms with Gasteiger partial charge in [-0.3, -0.25) is 4.68 Å². The second kappa shape index (κ2) is 6.81. The van der Waals surface area contributed by atoms with E-state index in [2.05, 4.69) is 26.9 Å². The fraction of sp³-hybridized carbons (Fsp3) is 0.733. The summed E-state index contributed by atoms with van der Waals surface area (Å²) in [5, 5.41) is 11.1. The zero-order valence-corrected chi connectivity index (χ0v) is 14.1. The first-order chi connectivity index (χ1) is 10.7. The number of urea groups is 1. The minimum atomic E-state index is -0.0102. The number of amides is 2. The highest BCUT2D eigenvalue weighted by molar-refractivity contribution is 7.99. The lowest BCUT2D eigenvalue weighted by molar-refractivity contribution is 0.234. The maximum absolute atomic E-state index is 12.2. The van der Waals surface area contributed by atoms with Crippen LogP contribution in [0.25, 0.3) is 0 Å². The van der Waals surface area contributed by atoms with Crippen molar-refractivity contribution >= 4 is 23.5 Å². The van der Waals surface area contributed by atoms with Gasteiger partial charge >= 0.3 is 6.03 Å². The molecule has 2 amide bonds. The smallest absolute Gasteiger partial charge is 0.315 e. The highest BCUT2D eigenvalue weighted by atomic mass is 32.2. The maximum atomic E-state index is 12.2. The molecule has 1 aromatic rings. The van der Waals surface area contributed by atoms with Crippen LogP contribution in [0.5, 0.6) is 0 Å². The van der Waals surface area contributed by atoms with Gasteiger partial charge in [0.05, 0.1) is 11.9 Å². The van der Waals surface area contributed by atoms with E-state index in [0.29, 0.717) is 11.3 Å². The maximum Gasteiger partial charge on any atom is 0.315 e. The molecule has 0 aromatic carbocycles. The summed E-state index contributed by atoms with van der Waals surface area (Å²) in [6.07, 6.45) is 10.5. The summed E-state index contributed by atoms with van der Waals surface area (Å²) in [5.41, 5.74) is 1.13. The highest BCUT2D eigenvalue weighted by Crippen LogP contribution is 2.28. The normalized spacial score (nSPS) is 28.1. The molecule has 2 fully saturated rings. The van der Waals surface area contributed by atoms with Crippen molar-refractivity contribution in [3.63, 3.8) is 0 Å². The Hall–Kier alpha value is -1.37. The van der Waals surface area contributed by atoms with Gasteiger partial charge in [0, 0.05) is 43.7 Å². The van der Waals surface area contributed by atoms with Gasteiger partial charge in [-0.2, -0.15) is 16.9 Å². The molecule has 1 saturated carbocycles. The van der Waals surface area contributed by atoms with Gasteiger partial charge in [-0.1, -0.05) is 6.42 Å². The van der Waals surface area contributed by atoms with Crippen molar-refractivity contribution in [2.45, 2.75) is 43.0 Å². The van der Waals surface area contributed by atoms with E-state index < -0.39 is 0 Å². The van der Waals surface area contributed by atoms with Crippen molar-refractivity contribution in [1.29, 1.82) is 0 Å². The van der Waals surface area contributed by atoms with Gasteiger partial charge in [0.15, 0.2) is 0 Å². The van der Waals surface area contributed by atoms with Crippen molar-refractivity contribution < 1.29 is 4.79 Å². The minimum absolute atomic E-state index is 0.0102. The first-order valence-corrected chi connectivity index (χ1v) is 9.28. The molecule has 0 unspecified atom stereocenters. The molecule has 2 aliphatic rings. The number of hydrogen-bond acceptors (Lipinski definition) is 4. The molecule has 2 heterocycles. The van der Waals surface area contributed by atoms with Crippen LogP contribution in [0.1, 0.15) is 25.7 Å². The van der Waals surface area contributed by atoms with Gasteiger partial charge in [0.25, 0.3) is 0 Å². The van der Waals surface area contributed by atoms with Gasteiger partial charge < -0.3 is 15.5 Å². The second-order valence-electron chi connectivity index (χ2n) is 6.23. The van der Waals surface area contributed by atoms with Gasteiger partial charge in [-0.15, -0.1) is 0 Å². The van der Waals surface area contributed by atoms with Crippen LogP contribution >= 0.6 is 11.8 Å². The van der Waals surface area contributed by atoms with Crippen molar-refractivity contribution in [3.8, 4) is 0 Å². The molecule has 1 aliphatic heterocycles. The number of anilines is 1. The Morgan fingerprint density at radius 1 is 1.36 bits per heavy atom. The molecule has 22 heavy (non-hydrogen) atoms. The molecule has 122 valence electrons. The van der Waals surface area contributed by atoms with Crippen molar-refractivity contribution in [1.82, 2.24) is 20.4 Å². The summed E-state index contributed by atoms with van der Waals surface area (Å²) in [6, 6.07) is 0.532. The number of nitrogens with one attached hydrogen (secondary N) is 2. The lowest BCUT2D eigenvalue weighted by Gasteiger charge is -2.21. The molecule has 0 radical (unpaired) electrons. The summed E-state index contributed by atoms with van der Waals surface area (Å²) < 4.78 is 1.81. The number of rotatable bonds is 4. The number of nitrogens with zero attached hydrogens (tertiary/aromatic N) is 3. The average molecular weight is 323 g/mol. The molecule has 2 N–H and O–H groups in total. The summed E-state index contributed by atoms with van der Waals surface area (Å²) in [4.78, 5) is 14.5. The van der Waals surface area contributed by atoms with Crippen LogP contribution in [-0.2, 0) is 7.05 Å². The third kappa shape index (κ3) is 3.51. The molecular weight excluding hydrogens is 298 g/mol. The molecule has 6 nitrogen and oxygen atoms in total. The predicted molar refractivity (Wildman–Crippen MR) is 90.4 cm³/mol. The fourth-order valence-electron chi connectivity index (χ4n) is 3.45. The van der Waals surface area contributed by atoms with Gasteiger partial charge in [0.2, 0.25) is 0 Å². The molecule has 3 atom stereocenters. The Morgan fingerprint density at radius 3 is 2.95 bits per heavy atom. The molecule has 3 rings (SSSR count). The average Bonchev–Trinajstić information content (AvgIpc) is 3.19. The topological polar surface area (TPSA) is 62.2 Å². The molecule has 0 bridgehead atoms. The Labute approximate surface area is 136 Å². The third-order valence-electron chi connectivity index (χ3n) is 4.65. The second-order valence-corrected chi connectivity index (χ2v) is 7.31. The summed E-state index contributed by atoms with van der Waals surface area (Å²) in [5.74, 6) is 0. The Kier molecular flexibility index (Phi) is 4.81. The SMILES string of the molecule is CS[C@@H]1CCC[C@H]1NC(=O)N[C@H]1CCN(c2cnn(C)c2)C1. The molecule has 0 spiro atoms. The largest absolute Gasteiger partial charge is 0.367 e. The Morgan fingerprint density at radius 2 is 2.23 bits per heavy atom. The molecule has 1 aliphatic carbocycles. The van der Waals surface area contributed by atoms with Crippen LogP contribution in [0.2, 0.25) is 0 Å². The Bertz CT molecular complexity index is 520. The van der Waals surface area contributed by atoms with E-state index in [1.165, 1.54) is 12.8 Å². The molecular formula is C15H25N5OS. The fourth-order valence-corrected chi connectivity index (χ4v) is 4.39. The van der Waals surface area contributed by atoms with Crippen LogP contribution in [-0.4, -0.2) is 52.5 Å². The van der Waals surface area contributed by atoms with E-state index in [4.69, 9.17) is 0 Å². The number of thioether (sulfide) groups is 1. The lowest BCUT2D eigenvalue weighted by Crippen LogP contribution is -2.48. The van der Waals surface area contributed by atoms with Crippen LogP contribution in [0.3, 0.4) is 0 Å². The number of aryl methyl sites for hydroxylation is 1. The molecule has 7 heteroatoms. The third-order valence-corrected chi connectivity index (χ3v) is 5.82.